The molecule has 0 aromatic heterocycles. The summed E-state index contributed by atoms with van der Waals surface area (Å²) in [6.45, 7) is 2.41. The summed E-state index contributed by atoms with van der Waals surface area (Å²) >= 11 is 5.95. The fraction of sp³-hybridized carbons (Fsp3) is 0.182. The summed E-state index contributed by atoms with van der Waals surface area (Å²) in [4.78, 5) is 10.7. The van der Waals surface area contributed by atoms with Gasteiger partial charge >= 0.3 is 0 Å². The zero-order valence-electron chi connectivity index (χ0n) is 8.74. The lowest BCUT2D eigenvalue weighted by Gasteiger charge is -2.05. The third-order valence-corrected chi connectivity index (χ3v) is 2.09. The van der Waals surface area contributed by atoms with Crippen LogP contribution in [0.1, 0.15) is 12.5 Å². The second-order valence-electron chi connectivity index (χ2n) is 2.93. The maximum atomic E-state index is 10.7. The van der Waals surface area contributed by atoms with E-state index < -0.39 is 5.91 Å². The number of hydrogen-bond donors (Lipinski definition) is 2. The number of hydrogen-bond acceptors (Lipinski definition) is 3. The SMILES string of the molecule is CCOc1ccc(C=CC(=O)NO)cc1Cl. The Balaban J connectivity index is 2.81. The van der Waals surface area contributed by atoms with Crippen LogP contribution in [0.4, 0.5) is 0 Å². The molecule has 1 rings (SSSR count). The van der Waals surface area contributed by atoms with Gasteiger partial charge in [-0.1, -0.05) is 17.7 Å². The first-order chi connectivity index (χ1) is 7.67. The molecule has 0 aliphatic carbocycles. The quantitative estimate of drug-likeness (QED) is 0.483. The van der Waals surface area contributed by atoms with E-state index in [1.165, 1.54) is 17.6 Å². The van der Waals surface area contributed by atoms with Crippen molar-refractivity contribution in [1.29, 1.82) is 0 Å². The lowest BCUT2D eigenvalue weighted by Crippen LogP contribution is -2.14. The zero-order chi connectivity index (χ0) is 12.0. The van der Waals surface area contributed by atoms with E-state index in [4.69, 9.17) is 21.5 Å². The number of carbonyl (C=O) groups is 1. The van der Waals surface area contributed by atoms with Crippen LogP contribution in [0.25, 0.3) is 6.08 Å². The minimum absolute atomic E-state index is 0.480. The van der Waals surface area contributed by atoms with Crippen molar-refractivity contribution in [2.24, 2.45) is 0 Å². The van der Waals surface area contributed by atoms with Crippen LogP contribution in [0.15, 0.2) is 24.3 Å². The number of nitrogens with one attached hydrogen (secondary N) is 1. The maximum absolute atomic E-state index is 10.7. The Kier molecular flexibility index (Phi) is 4.82. The van der Waals surface area contributed by atoms with Crippen molar-refractivity contribution in [2.45, 2.75) is 6.92 Å². The summed E-state index contributed by atoms with van der Waals surface area (Å²) in [6, 6.07) is 5.16. The van der Waals surface area contributed by atoms with Crippen LogP contribution in [0.5, 0.6) is 5.75 Å². The molecule has 1 aromatic carbocycles. The van der Waals surface area contributed by atoms with Gasteiger partial charge in [0.2, 0.25) is 0 Å². The second-order valence-corrected chi connectivity index (χ2v) is 3.34. The lowest BCUT2D eigenvalue weighted by molar-refractivity contribution is -0.124. The Labute approximate surface area is 98.4 Å². The highest BCUT2D eigenvalue weighted by atomic mass is 35.5. The average molecular weight is 242 g/mol. The highest BCUT2D eigenvalue weighted by molar-refractivity contribution is 6.32. The third-order valence-electron chi connectivity index (χ3n) is 1.79. The molecule has 0 spiro atoms. The van der Waals surface area contributed by atoms with E-state index in [0.717, 1.165) is 5.56 Å². The topological polar surface area (TPSA) is 58.6 Å². The molecule has 0 fully saturated rings. The molecule has 0 aliphatic rings. The summed E-state index contributed by atoms with van der Waals surface area (Å²) in [5.74, 6) is 0.0120. The first-order valence-electron chi connectivity index (χ1n) is 4.72. The van der Waals surface area contributed by atoms with Crippen molar-refractivity contribution in [1.82, 2.24) is 5.48 Å². The van der Waals surface area contributed by atoms with Crippen LogP contribution >= 0.6 is 11.6 Å². The van der Waals surface area contributed by atoms with Crippen molar-refractivity contribution >= 4 is 23.6 Å². The monoisotopic (exact) mass is 241 g/mol. The van der Waals surface area contributed by atoms with Gasteiger partial charge in [-0.25, -0.2) is 5.48 Å². The van der Waals surface area contributed by atoms with E-state index in [1.807, 2.05) is 6.92 Å². The molecule has 0 radical (unpaired) electrons. The predicted molar refractivity (Wildman–Crippen MR) is 61.6 cm³/mol. The van der Waals surface area contributed by atoms with Crippen molar-refractivity contribution in [3.63, 3.8) is 0 Å². The van der Waals surface area contributed by atoms with E-state index in [1.54, 1.807) is 18.2 Å². The Bertz CT molecular complexity index is 404. The molecule has 5 heteroatoms. The number of amides is 1. The van der Waals surface area contributed by atoms with E-state index in [2.05, 4.69) is 0 Å². The van der Waals surface area contributed by atoms with Crippen molar-refractivity contribution in [3.05, 3.63) is 34.9 Å². The summed E-state index contributed by atoms with van der Waals surface area (Å²) in [5.41, 5.74) is 2.25. The summed E-state index contributed by atoms with van der Waals surface area (Å²) in [5, 5.41) is 8.76. The van der Waals surface area contributed by atoms with E-state index >= 15 is 0 Å². The largest absolute Gasteiger partial charge is 0.492 e. The predicted octanol–water partition coefficient (Wildman–Crippen LogP) is 2.26. The van der Waals surface area contributed by atoms with Gasteiger partial charge in [0.1, 0.15) is 5.75 Å². The average Bonchev–Trinajstić information content (AvgIpc) is 2.29. The number of ether oxygens (including phenoxy) is 1. The van der Waals surface area contributed by atoms with E-state index in [-0.39, 0.29) is 0 Å². The van der Waals surface area contributed by atoms with Crippen molar-refractivity contribution in [3.8, 4) is 5.75 Å². The smallest absolute Gasteiger partial charge is 0.267 e. The minimum atomic E-state index is -0.593. The molecular formula is C11H12ClNO3. The zero-order valence-corrected chi connectivity index (χ0v) is 9.49. The number of rotatable bonds is 4. The number of carbonyl (C=O) groups excluding carboxylic acids is 1. The molecule has 0 atom stereocenters. The van der Waals surface area contributed by atoms with Crippen LogP contribution in [0, 0.1) is 0 Å². The first-order valence-corrected chi connectivity index (χ1v) is 5.09. The van der Waals surface area contributed by atoms with Crippen molar-refractivity contribution in [2.75, 3.05) is 6.61 Å². The van der Waals surface area contributed by atoms with Crippen LogP contribution in [-0.2, 0) is 4.79 Å². The van der Waals surface area contributed by atoms with Gasteiger partial charge in [-0.3, -0.25) is 10.0 Å². The molecule has 0 saturated heterocycles. The molecular weight excluding hydrogens is 230 g/mol. The minimum Gasteiger partial charge on any atom is -0.492 e. The molecule has 0 heterocycles. The van der Waals surface area contributed by atoms with Crippen LogP contribution in [-0.4, -0.2) is 17.7 Å². The molecule has 0 aliphatic heterocycles. The number of benzene rings is 1. The van der Waals surface area contributed by atoms with Gasteiger partial charge in [-0.2, -0.15) is 0 Å². The highest BCUT2D eigenvalue weighted by Gasteiger charge is 2.00. The Morgan fingerprint density at radius 2 is 2.38 bits per heavy atom. The summed E-state index contributed by atoms with van der Waals surface area (Å²) in [7, 11) is 0. The van der Waals surface area contributed by atoms with Crippen molar-refractivity contribution < 1.29 is 14.7 Å². The lowest BCUT2D eigenvalue weighted by atomic mass is 10.2. The highest BCUT2D eigenvalue weighted by Crippen LogP contribution is 2.25. The number of halogens is 1. The molecule has 4 nitrogen and oxygen atoms in total. The number of hydroxylamine groups is 1. The van der Waals surface area contributed by atoms with Gasteiger partial charge in [0.05, 0.1) is 11.6 Å². The van der Waals surface area contributed by atoms with Gasteiger partial charge in [0.25, 0.3) is 5.91 Å². The standard InChI is InChI=1S/C11H12ClNO3/c1-2-16-10-5-3-8(7-9(10)12)4-6-11(14)13-15/h3-7,15H,2H2,1H3,(H,13,14). The normalized spacial score (nSPS) is 10.4. The Morgan fingerprint density at radius 3 is 2.94 bits per heavy atom. The van der Waals surface area contributed by atoms with Gasteiger partial charge in [0, 0.05) is 6.08 Å². The molecule has 16 heavy (non-hydrogen) atoms. The fourth-order valence-corrected chi connectivity index (χ4v) is 1.35. The van der Waals surface area contributed by atoms with Gasteiger partial charge in [-0.15, -0.1) is 0 Å². The van der Waals surface area contributed by atoms with Crippen LogP contribution in [0.2, 0.25) is 5.02 Å². The van der Waals surface area contributed by atoms with Crippen LogP contribution < -0.4 is 10.2 Å². The molecule has 0 unspecified atom stereocenters. The molecule has 2 N–H and O–H groups in total. The van der Waals surface area contributed by atoms with Gasteiger partial charge < -0.3 is 4.74 Å². The van der Waals surface area contributed by atoms with Crippen LogP contribution in [0.3, 0.4) is 0 Å². The first kappa shape index (κ1) is 12.5. The molecule has 0 saturated carbocycles. The van der Waals surface area contributed by atoms with E-state index in [9.17, 15) is 4.79 Å². The molecule has 1 amide bonds. The van der Waals surface area contributed by atoms with Gasteiger partial charge in [-0.05, 0) is 30.7 Å². The second kappa shape index (κ2) is 6.15. The molecule has 86 valence electrons. The summed E-state index contributed by atoms with van der Waals surface area (Å²) in [6.07, 6.45) is 2.74. The van der Waals surface area contributed by atoms with E-state index in [0.29, 0.717) is 17.4 Å². The third kappa shape index (κ3) is 3.56. The molecule has 1 aromatic rings. The Hall–Kier alpha value is -1.52. The summed E-state index contributed by atoms with van der Waals surface area (Å²) < 4.78 is 5.26. The molecule has 0 bridgehead atoms. The van der Waals surface area contributed by atoms with Gasteiger partial charge in [0.15, 0.2) is 0 Å². The fourth-order valence-electron chi connectivity index (χ4n) is 1.10. The maximum Gasteiger partial charge on any atom is 0.267 e. The Morgan fingerprint density at radius 1 is 1.62 bits per heavy atom.